The molecule has 2 aromatic rings. The van der Waals surface area contributed by atoms with Crippen LogP contribution >= 0.6 is 27.7 Å². The highest BCUT2D eigenvalue weighted by atomic mass is 79.9. The van der Waals surface area contributed by atoms with Crippen LogP contribution in [0.5, 0.6) is 11.5 Å². The minimum Gasteiger partial charge on any atom is -0.503 e. The fourth-order valence-corrected chi connectivity index (χ4v) is 3.70. The molecule has 0 atom stereocenters. The maximum atomic E-state index is 12.2. The monoisotopic (exact) mass is 462 g/mol. The van der Waals surface area contributed by atoms with Crippen molar-refractivity contribution >= 4 is 56.5 Å². The van der Waals surface area contributed by atoms with E-state index < -0.39 is 5.97 Å². The smallest absolute Gasteiger partial charge is 0.335 e. The Labute approximate surface area is 173 Å². The summed E-state index contributed by atoms with van der Waals surface area (Å²) in [5.74, 6) is -1.06. The molecule has 0 spiro atoms. The Balaban J connectivity index is 1.87. The van der Waals surface area contributed by atoms with Crippen LogP contribution in [-0.2, 0) is 4.79 Å². The van der Waals surface area contributed by atoms with E-state index in [1.165, 1.54) is 12.1 Å². The Bertz CT molecular complexity index is 1020. The van der Waals surface area contributed by atoms with Crippen LogP contribution in [0.3, 0.4) is 0 Å². The van der Waals surface area contributed by atoms with Gasteiger partial charge in [0.2, 0.25) is 0 Å². The molecule has 1 heterocycles. The quantitative estimate of drug-likeness (QED) is 0.576. The zero-order valence-electron chi connectivity index (χ0n) is 14.6. The Morgan fingerprint density at radius 2 is 2.14 bits per heavy atom. The number of phenolic OH excluding ortho intramolecular Hbond substituents is 1. The fourth-order valence-electron chi connectivity index (χ4n) is 2.40. The number of benzene rings is 2. The summed E-state index contributed by atoms with van der Waals surface area (Å²) in [7, 11) is 0. The summed E-state index contributed by atoms with van der Waals surface area (Å²) in [6.45, 7) is 2.20. The lowest BCUT2D eigenvalue weighted by atomic mass is 10.2. The van der Waals surface area contributed by atoms with Gasteiger partial charge in [0.05, 0.1) is 27.2 Å². The minimum absolute atomic E-state index is 0.00640. The summed E-state index contributed by atoms with van der Waals surface area (Å²) in [4.78, 5) is 28.0. The fraction of sp³-hybridized carbons (Fsp3) is 0.105. The van der Waals surface area contributed by atoms with Crippen molar-refractivity contribution in [2.45, 2.75) is 6.92 Å². The van der Waals surface area contributed by atoms with Gasteiger partial charge in [0.25, 0.3) is 5.91 Å². The van der Waals surface area contributed by atoms with Gasteiger partial charge in [-0.25, -0.2) is 9.79 Å². The molecular weight excluding hydrogens is 448 g/mol. The average molecular weight is 463 g/mol. The van der Waals surface area contributed by atoms with Gasteiger partial charge in [-0.05, 0) is 76.6 Å². The number of nitrogens with one attached hydrogen (secondary N) is 1. The summed E-state index contributed by atoms with van der Waals surface area (Å²) in [6.07, 6.45) is 1.66. The molecule has 1 fully saturated rings. The van der Waals surface area contributed by atoms with Crippen molar-refractivity contribution in [2.24, 2.45) is 4.99 Å². The van der Waals surface area contributed by atoms with Gasteiger partial charge in [0.1, 0.15) is 0 Å². The van der Waals surface area contributed by atoms with E-state index in [2.05, 4.69) is 26.2 Å². The van der Waals surface area contributed by atoms with Crippen LogP contribution in [0.25, 0.3) is 6.08 Å². The van der Waals surface area contributed by atoms with Crippen molar-refractivity contribution in [1.29, 1.82) is 0 Å². The number of phenols is 1. The van der Waals surface area contributed by atoms with Gasteiger partial charge in [-0.3, -0.25) is 4.79 Å². The normalized spacial score (nSPS) is 16.4. The molecule has 1 aliphatic rings. The maximum Gasteiger partial charge on any atom is 0.335 e. The lowest BCUT2D eigenvalue weighted by Gasteiger charge is -2.08. The zero-order valence-corrected chi connectivity index (χ0v) is 17.0. The first-order valence-electron chi connectivity index (χ1n) is 8.15. The van der Waals surface area contributed by atoms with Gasteiger partial charge in [0.15, 0.2) is 16.7 Å². The summed E-state index contributed by atoms with van der Waals surface area (Å²) in [6, 6.07) is 9.44. The number of aromatic hydroxyl groups is 1. The summed E-state index contributed by atoms with van der Waals surface area (Å²) in [5, 5.41) is 22.1. The highest BCUT2D eigenvalue weighted by Gasteiger charge is 2.24. The van der Waals surface area contributed by atoms with Crippen LogP contribution in [0.1, 0.15) is 22.8 Å². The van der Waals surface area contributed by atoms with E-state index in [1.807, 2.05) is 0 Å². The number of amidine groups is 1. The molecule has 144 valence electrons. The topological polar surface area (TPSA) is 108 Å². The van der Waals surface area contributed by atoms with Gasteiger partial charge >= 0.3 is 5.97 Å². The Morgan fingerprint density at radius 1 is 1.36 bits per heavy atom. The van der Waals surface area contributed by atoms with Crippen LogP contribution < -0.4 is 10.1 Å². The number of amides is 1. The highest BCUT2D eigenvalue weighted by molar-refractivity contribution is 9.10. The first-order valence-corrected chi connectivity index (χ1v) is 9.76. The molecule has 2 aromatic carbocycles. The van der Waals surface area contributed by atoms with Crippen LogP contribution in [0.4, 0.5) is 5.69 Å². The molecule has 0 aliphatic carbocycles. The first kappa shape index (κ1) is 20.0. The van der Waals surface area contributed by atoms with E-state index in [4.69, 9.17) is 9.84 Å². The highest BCUT2D eigenvalue weighted by Crippen LogP contribution is 2.37. The van der Waals surface area contributed by atoms with Crippen LogP contribution in [0.15, 0.2) is 50.8 Å². The third-order valence-electron chi connectivity index (χ3n) is 3.62. The molecule has 0 saturated carbocycles. The van der Waals surface area contributed by atoms with Gasteiger partial charge in [-0.2, -0.15) is 0 Å². The van der Waals surface area contributed by atoms with Gasteiger partial charge in [-0.15, -0.1) is 0 Å². The number of ether oxygens (including phenoxy) is 1. The molecule has 1 saturated heterocycles. The Kier molecular flexibility index (Phi) is 6.05. The molecule has 1 aliphatic heterocycles. The first-order chi connectivity index (χ1) is 13.4. The standard InChI is InChI=1S/C19H15BrN2O5S/c1-2-27-14-7-10(6-13(20)16(14)23)8-15-17(24)22-19(28-15)21-12-5-3-4-11(9-12)18(25)26/h3-9,23H,2H2,1H3,(H,25,26)(H,21,22,24). The summed E-state index contributed by atoms with van der Waals surface area (Å²) >= 11 is 4.40. The predicted molar refractivity (Wildman–Crippen MR) is 111 cm³/mol. The van der Waals surface area contributed by atoms with Crippen molar-refractivity contribution in [3.63, 3.8) is 0 Å². The molecule has 7 nitrogen and oxygen atoms in total. The molecule has 3 N–H and O–H groups in total. The zero-order chi connectivity index (χ0) is 20.3. The number of thioether (sulfide) groups is 1. The third kappa shape index (κ3) is 4.55. The summed E-state index contributed by atoms with van der Waals surface area (Å²) < 4.78 is 5.84. The molecule has 1 amide bonds. The molecule has 0 unspecified atom stereocenters. The van der Waals surface area contributed by atoms with Crippen molar-refractivity contribution in [3.8, 4) is 11.5 Å². The molecular formula is C19H15BrN2O5S. The van der Waals surface area contributed by atoms with E-state index in [1.54, 1.807) is 37.3 Å². The number of carboxylic acids is 1. The summed E-state index contributed by atoms with van der Waals surface area (Å²) in [5.41, 5.74) is 1.21. The van der Waals surface area contributed by atoms with E-state index in [-0.39, 0.29) is 17.2 Å². The second kappa shape index (κ2) is 8.49. The Hall–Kier alpha value is -2.78. The lowest BCUT2D eigenvalue weighted by molar-refractivity contribution is -0.115. The van der Waals surface area contributed by atoms with Crippen LogP contribution in [0.2, 0.25) is 0 Å². The maximum absolute atomic E-state index is 12.2. The minimum atomic E-state index is -1.05. The van der Waals surface area contributed by atoms with Gasteiger partial charge < -0.3 is 20.3 Å². The number of aliphatic imine (C=N–C) groups is 1. The average Bonchev–Trinajstić information content (AvgIpc) is 2.98. The molecule has 28 heavy (non-hydrogen) atoms. The largest absolute Gasteiger partial charge is 0.503 e. The van der Waals surface area contributed by atoms with Gasteiger partial charge in [0, 0.05) is 0 Å². The van der Waals surface area contributed by atoms with E-state index in [0.717, 1.165) is 11.8 Å². The lowest BCUT2D eigenvalue weighted by Crippen LogP contribution is -2.19. The van der Waals surface area contributed by atoms with Gasteiger partial charge in [-0.1, -0.05) is 6.07 Å². The number of rotatable bonds is 5. The second-order valence-electron chi connectivity index (χ2n) is 5.62. The van der Waals surface area contributed by atoms with Crippen molar-refractivity contribution in [1.82, 2.24) is 5.32 Å². The molecule has 0 radical (unpaired) electrons. The number of halogens is 1. The number of hydrogen-bond donors (Lipinski definition) is 3. The Morgan fingerprint density at radius 3 is 2.86 bits per heavy atom. The van der Waals surface area contributed by atoms with Crippen LogP contribution in [-0.4, -0.2) is 33.9 Å². The number of hydrogen-bond acceptors (Lipinski definition) is 6. The predicted octanol–water partition coefficient (Wildman–Crippen LogP) is 4.14. The SMILES string of the molecule is CCOc1cc(C=C2SC(=Nc3cccc(C(=O)O)c3)NC2=O)cc(Br)c1O. The number of carbonyl (C=O) groups is 2. The van der Waals surface area contributed by atoms with Crippen molar-refractivity contribution in [3.05, 3.63) is 56.9 Å². The second-order valence-corrected chi connectivity index (χ2v) is 7.50. The molecule has 0 bridgehead atoms. The van der Waals surface area contributed by atoms with Crippen LogP contribution in [0, 0.1) is 0 Å². The third-order valence-corrected chi connectivity index (χ3v) is 5.14. The van der Waals surface area contributed by atoms with Crippen molar-refractivity contribution in [2.75, 3.05) is 6.61 Å². The van der Waals surface area contributed by atoms with Crippen molar-refractivity contribution < 1.29 is 24.5 Å². The number of nitrogens with zero attached hydrogens (tertiary/aromatic N) is 1. The van der Waals surface area contributed by atoms with E-state index in [0.29, 0.717) is 38.2 Å². The number of aromatic carboxylic acids is 1. The van der Waals surface area contributed by atoms with E-state index >= 15 is 0 Å². The molecule has 9 heteroatoms. The molecule has 0 aromatic heterocycles. The number of carboxylic acid groups (broad SMARTS) is 1. The number of carbonyl (C=O) groups excluding carboxylic acids is 1. The van der Waals surface area contributed by atoms with E-state index in [9.17, 15) is 14.7 Å². The molecule has 3 rings (SSSR count).